The molecule has 0 aromatic heterocycles. The molecule has 4 rings (SSSR count). The fourth-order valence-electron chi connectivity index (χ4n) is 2.68. The van der Waals surface area contributed by atoms with Gasteiger partial charge in [0.1, 0.15) is 0 Å². The summed E-state index contributed by atoms with van der Waals surface area (Å²) >= 11 is 19.5. The monoisotopic (exact) mass is 479 g/mol. The van der Waals surface area contributed by atoms with E-state index in [2.05, 4.69) is 101 Å². The van der Waals surface area contributed by atoms with E-state index in [-0.39, 0.29) is 0 Å². The molecule has 0 radical (unpaired) electrons. The van der Waals surface area contributed by atoms with E-state index in [1.807, 2.05) is 11.8 Å². The molecule has 4 aliphatic heterocycles. The van der Waals surface area contributed by atoms with E-state index in [4.69, 9.17) is 5.73 Å². The molecule has 0 aromatic rings. The number of rotatable bonds is 4. The third-order valence-corrected chi connectivity index (χ3v) is 21.2. The van der Waals surface area contributed by atoms with Gasteiger partial charge in [-0.05, 0) is 0 Å². The second-order valence-corrected chi connectivity index (χ2v) is 21.1. The van der Waals surface area contributed by atoms with Crippen LogP contribution in [0.15, 0.2) is 0 Å². The average Bonchev–Trinajstić information content (AvgIpc) is 3.25. The minimum atomic E-state index is 0.333. The number of hydrogen-bond donors (Lipinski definition) is 1. The minimum Gasteiger partial charge on any atom is -0.319 e. The predicted octanol–water partition coefficient (Wildman–Crippen LogP) is 5.27. The molecule has 0 saturated carbocycles. The molecule has 4 aliphatic rings. The average molecular weight is 480 g/mol. The third-order valence-electron chi connectivity index (χ3n) is 3.68. The van der Waals surface area contributed by atoms with Crippen LogP contribution in [0.3, 0.4) is 0 Å². The Morgan fingerprint density at radius 2 is 1.39 bits per heavy atom. The van der Waals surface area contributed by atoms with Crippen LogP contribution in [0.4, 0.5) is 0 Å². The van der Waals surface area contributed by atoms with Crippen LogP contribution in [-0.4, -0.2) is 61.1 Å². The van der Waals surface area contributed by atoms with Crippen LogP contribution < -0.4 is 5.73 Å². The second-order valence-electron chi connectivity index (χ2n) is 5.85. The van der Waals surface area contributed by atoms with Gasteiger partial charge in [-0.1, -0.05) is 6.92 Å². The first-order chi connectivity index (χ1) is 11.1. The topological polar surface area (TPSA) is 26.0 Å². The summed E-state index contributed by atoms with van der Waals surface area (Å²) in [7, 11) is 0. The van der Waals surface area contributed by atoms with Crippen LogP contribution in [-0.2, 0) is 0 Å². The van der Waals surface area contributed by atoms with Crippen molar-refractivity contribution in [3.05, 3.63) is 0 Å². The maximum absolute atomic E-state index is 6.09. The lowest BCUT2D eigenvalue weighted by atomic mass is 10.5. The zero-order chi connectivity index (χ0) is 15.9. The third kappa shape index (κ3) is 4.75. The molecule has 4 fully saturated rings. The van der Waals surface area contributed by atoms with Crippen LogP contribution >= 0.6 is 106 Å². The Hall–Kier alpha value is 3.11. The summed E-state index contributed by atoms with van der Waals surface area (Å²) < 4.78 is 0.778. The Bertz CT molecular complexity index is 402. The highest BCUT2D eigenvalue weighted by atomic mass is 32.3. The molecule has 2 N–H and O–H groups in total. The van der Waals surface area contributed by atoms with Gasteiger partial charge in [0.2, 0.25) is 0 Å². The number of thioether (sulfide) groups is 9. The van der Waals surface area contributed by atoms with Gasteiger partial charge in [-0.3, -0.25) is 0 Å². The summed E-state index contributed by atoms with van der Waals surface area (Å²) in [5.74, 6) is 7.77. The van der Waals surface area contributed by atoms with E-state index in [0.717, 1.165) is 21.5 Å². The first-order valence-corrected chi connectivity index (χ1v) is 16.3. The summed E-state index contributed by atoms with van der Waals surface area (Å²) in [6.45, 7) is 2.38. The summed E-state index contributed by atoms with van der Waals surface area (Å²) in [6, 6.07) is 0. The zero-order valence-corrected chi connectivity index (χ0v) is 20.2. The molecular formula is C13H21NS9. The minimum absolute atomic E-state index is 0.333. The second kappa shape index (κ2) is 8.23. The van der Waals surface area contributed by atoms with Gasteiger partial charge in [0, 0.05) is 50.3 Å². The van der Waals surface area contributed by atoms with E-state index >= 15 is 0 Å². The van der Waals surface area contributed by atoms with Crippen LogP contribution in [0.1, 0.15) is 6.92 Å². The molecule has 10 heteroatoms. The van der Waals surface area contributed by atoms with Crippen molar-refractivity contribution in [3.8, 4) is 0 Å². The predicted molar refractivity (Wildman–Crippen MR) is 128 cm³/mol. The van der Waals surface area contributed by atoms with Gasteiger partial charge in [0.05, 0.1) is 5.37 Å². The van der Waals surface area contributed by atoms with Crippen LogP contribution in [0.5, 0.6) is 0 Å². The normalized spacial score (nSPS) is 49.8. The van der Waals surface area contributed by atoms with Crippen molar-refractivity contribution in [2.45, 2.75) is 33.5 Å². The van der Waals surface area contributed by atoms with Gasteiger partial charge >= 0.3 is 0 Å². The molecule has 0 aliphatic carbocycles. The largest absolute Gasteiger partial charge is 0.319 e. The van der Waals surface area contributed by atoms with E-state index < -0.39 is 0 Å². The molecule has 132 valence electrons. The van der Waals surface area contributed by atoms with Gasteiger partial charge in [0.15, 0.2) is 5.49 Å². The molecule has 0 bridgehead atoms. The van der Waals surface area contributed by atoms with Crippen molar-refractivity contribution in [2.24, 2.45) is 5.73 Å². The molecule has 6 unspecified atom stereocenters. The lowest BCUT2D eigenvalue weighted by Gasteiger charge is -2.20. The van der Waals surface area contributed by atoms with E-state index in [1.54, 1.807) is 0 Å². The quantitative estimate of drug-likeness (QED) is 0.574. The maximum Gasteiger partial charge on any atom is 0.155 e. The van der Waals surface area contributed by atoms with Crippen molar-refractivity contribution in [2.75, 3.05) is 34.5 Å². The molecule has 1 nitrogen and oxygen atoms in total. The van der Waals surface area contributed by atoms with Gasteiger partial charge in [-0.15, -0.1) is 94.1 Å². The zero-order valence-electron chi connectivity index (χ0n) is 12.8. The molecule has 23 heavy (non-hydrogen) atoms. The Balaban J connectivity index is 1.17. The highest BCUT2D eigenvalue weighted by Crippen LogP contribution is 2.68. The van der Waals surface area contributed by atoms with Crippen molar-refractivity contribution in [1.29, 1.82) is 0 Å². The summed E-state index contributed by atoms with van der Waals surface area (Å²) in [4.78, 5) is 0. The first kappa shape index (κ1) is 19.4. The maximum atomic E-state index is 6.09. The van der Waals surface area contributed by atoms with Crippen molar-refractivity contribution < 1.29 is 0 Å². The number of nitrogens with two attached hydrogens (primary N) is 1. The number of hydrogen-bond acceptors (Lipinski definition) is 10. The molecule has 2 spiro atoms. The van der Waals surface area contributed by atoms with Crippen molar-refractivity contribution in [1.82, 2.24) is 0 Å². The Morgan fingerprint density at radius 1 is 0.826 bits per heavy atom. The Kier molecular flexibility index (Phi) is 6.95. The van der Waals surface area contributed by atoms with Gasteiger partial charge in [-0.25, -0.2) is 0 Å². The summed E-state index contributed by atoms with van der Waals surface area (Å²) in [6.07, 6.45) is 0. The highest BCUT2D eigenvalue weighted by molar-refractivity contribution is 8.51. The molecular weight excluding hydrogens is 459 g/mol. The molecule has 0 aromatic carbocycles. The van der Waals surface area contributed by atoms with Crippen molar-refractivity contribution in [3.63, 3.8) is 0 Å². The highest BCUT2D eigenvalue weighted by Gasteiger charge is 2.48. The first-order valence-electron chi connectivity index (χ1n) is 7.67. The van der Waals surface area contributed by atoms with E-state index in [9.17, 15) is 0 Å². The molecule has 4 heterocycles. The Morgan fingerprint density at radius 3 is 1.91 bits per heavy atom. The van der Waals surface area contributed by atoms with E-state index in [1.165, 1.54) is 28.8 Å². The standard InChI is InChI=1S/C13H21NS9/c1-8-2-16-12(20-8)17-5-9(21-12)3-15-4-10-6-18-13(22-10)19-7-11(14)23-13/h8-11H,2-7,14H2,1H3. The molecule has 4 saturated heterocycles. The fourth-order valence-corrected chi connectivity index (χ4v) is 21.2. The van der Waals surface area contributed by atoms with Crippen molar-refractivity contribution >= 4 is 106 Å². The lowest BCUT2D eigenvalue weighted by Crippen LogP contribution is -2.15. The summed E-state index contributed by atoms with van der Waals surface area (Å²) in [5.41, 5.74) is 6.09. The molecule has 0 amide bonds. The smallest absolute Gasteiger partial charge is 0.155 e. The van der Waals surface area contributed by atoms with E-state index in [0.29, 0.717) is 10.9 Å². The van der Waals surface area contributed by atoms with Gasteiger partial charge < -0.3 is 5.73 Å². The Labute approximate surface area is 178 Å². The SMILES string of the molecule is CC1CSC2(SCC(CSCC3CSC4(SCC(N)S4)S3)S2)S1. The van der Waals surface area contributed by atoms with Crippen LogP contribution in [0, 0.1) is 0 Å². The summed E-state index contributed by atoms with van der Waals surface area (Å²) in [5, 5.41) is 2.85. The van der Waals surface area contributed by atoms with Crippen LogP contribution in [0.25, 0.3) is 0 Å². The fraction of sp³-hybridized carbons (Fsp3) is 1.00. The van der Waals surface area contributed by atoms with Gasteiger partial charge in [0.25, 0.3) is 0 Å². The van der Waals surface area contributed by atoms with Crippen LogP contribution in [0.2, 0.25) is 0 Å². The van der Waals surface area contributed by atoms with Gasteiger partial charge in [-0.2, -0.15) is 11.8 Å². The molecule has 6 atom stereocenters. The lowest BCUT2D eigenvalue weighted by molar-refractivity contribution is 1.08.